The summed E-state index contributed by atoms with van der Waals surface area (Å²) in [5.41, 5.74) is 1.91. The Balaban J connectivity index is 1.94. The van der Waals surface area contributed by atoms with E-state index in [0.717, 1.165) is 24.4 Å². The SMILES string of the molecule is O=[N+]([O-])c1ccc(O)c(/C=N\Nc2nc(Nc3ccc(Br)cc3)nc(OC(C(F)(F)F)C(F)(F)F)n2)c1. The summed E-state index contributed by atoms with van der Waals surface area (Å²) < 4.78 is 82.5. The first-order valence-corrected chi connectivity index (χ1v) is 10.4. The number of non-ortho nitro benzene ring substituents is 1. The highest BCUT2D eigenvalue weighted by Crippen LogP contribution is 2.36. The highest BCUT2D eigenvalue weighted by molar-refractivity contribution is 9.10. The lowest BCUT2D eigenvalue weighted by Gasteiger charge is -2.22. The zero-order valence-electron chi connectivity index (χ0n) is 17.7. The number of phenols is 1. The molecule has 3 aromatic rings. The molecule has 1 heterocycles. The fourth-order valence-corrected chi connectivity index (χ4v) is 2.78. The number of alkyl halides is 6. The summed E-state index contributed by atoms with van der Waals surface area (Å²) in [7, 11) is 0. The third-order valence-electron chi connectivity index (χ3n) is 4.12. The summed E-state index contributed by atoms with van der Waals surface area (Å²) in [4.78, 5) is 20.8. The van der Waals surface area contributed by atoms with E-state index in [4.69, 9.17) is 0 Å². The zero-order valence-corrected chi connectivity index (χ0v) is 19.3. The van der Waals surface area contributed by atoms with E-state index < -0.39 is 47.0 Å². The van der Waals surface area contributed by atoms with Crippen molar-refractivity contribution in [3.63, 3.8) is 0 Å². The maximum absolute atomic E-state index is 13.0. The van der Waals surface area contributed by atoms with Gasteiger partial charge in [0.25, 0.3) is 17.7 Å². The van der Waals surface area contributed by atoms with E-state index >= 15 is 0 Å². The van der Waals surface area contributed by atoms with Crippen LogP contribution in [0.5, 0.6) is 11.8 Å². The smallest absolute Gasteiger partial charge is 0.434 e. The first-order chi connectivity index (χ1) is 17.2. The molecule has 0 saturated heterocycles. The lowest BCUT2D eigenvalue weighted by Crippen LogP contribution is -2.46. The number of anilines is 3. The molecule has 37 heavy (non-hydrogen) atoms. The molecule has 18 heteroatoms. The molecule has 196 valence electrons. The number of nitrogens with zero attached hydrogens (tertiary/aromatic N) is 5. The number of hydrazone groups is 1. The van der Waals surface area contributed by atoms with Crippen LogP contribution in [0.2, 0.25) is 0 Å². The van der Waals surface area contributed by atoms with Crippen molar-refractivity contribution >= 4 is 45.4 Å². The van der Waals surface area contributed by atoms with Crippen LogP contribution in [-0.4, -0.2) is 49.7 Å². The van der Waals surface area contributed by atoms with E-state index in [1.54, 1.807) is 12.1 Å². The lowest BCUT2D eigenvalue weighted by atomic mass is 10.2. The Kier molecular flexibility index (Phi) is 7.99. The summed E-state index contributed by atoms with van der Waals surface area (Å²) in [6, 6.07) is 7.82. The monoisotopic (exact) mass is 595 g/mol. The van der Waals surface area contributed by atoms with Gasteiger partial charge in [0.1, 0.15) is 5.75 Å². The van der Waals surface area contributed by atoms with E-state index in [1.807, 2.05) is 0 Å². The van der Waals surface area contributed by atoms with E-state index in [9.17, 15) is 41.6 Å². The first-order valence-electron chi connectivity index (χ1n) is 9.57. The molecule has 0 saturated carbocycles. The van der Waals surface area contributed by atoms with Crippen molar-refractivity contribution in [1.29, 1.82) is 0 Å². The number of nitro groups is 1. The van der Waals surface area contributed by atoms with Crippen molar-refractivity contribution in [2.45, 2.75) is 18.5 Å². The Bertz CT molecular complexity index is 1290. The van der Waals surface area contributed by atoms with E-state index in [-0.39, 0.29) is 11.3 Å². The van der Waals surface area contributed by atoms with Crippen molar-refractivity contribution in [3.8, 4) is 11.8 Å². The number of nitrogens with one attached hydrogen (secondary N) is 2. The molecule has 0 amide bonds. The summed E-state index contributed by atoms with van der Waals surface area (Å²) in [5, 5.41) is 26.9. The minimum Gasteiger partial charge on any atom is -0.507 e. The molecular formula is C19H12BrF6N7O4. The van der Waals surface area contributed by atoms with Crippen LogP contribution in [0.1, 0.15) is 5.56 Å². The van der Waals surface area contributed by atoms with Gasteiger partial charge >= 0.3 is 18.4 Å². The van der Waals surface area contributed by atoms with Gasteiger partial charge in [-0.05, 0) is 30.3 Å². The number of rotatable bonds is 8. The first kappa shape index (κ1) is 27.4. The molecule has 0 radical (unpaired) electrons. The van der Waals surface area contributed by atoms with Gasteiger partial charge in [0.15, 0.2) is 0 Å². The normalized spacial score (nSPS) is 12.1. The van der Waals surface area contributed by atoms with Gasteiger partial charge in [-0.2, -0.15) is 46.4 Å². The molecule has 0 bridgehead atoms. The van der Waals surface area contributed by atoms with Crippen LogP contribution in [0.15, 0.2) is 52.0 Å². The Labute approximate surface area is 210 Å². The minimum atomic E-state index is -5.84. The molecular weight excluding hydrogens is 584 g/mol. The maximum atomic E-state index is 13.0. The second-order valence-electron chi connectivity index (χ2n) is 6.85. The number of phenolic OH excluding ortho intramolecular Hbond substituents is 1. The predicted octanol–water partition coefficient (Wildman–Crippen LogP) is 5.31. The zero-order chi connectivity index (χ0) is 27.4. The van der Waals surface area contributed by atoms with Gasteiger partial charge in [0.05, 0.1) is 11.1 Å². The molecule has 1 aromatic heterocycles. The fraction of sp³-hybridized carbons (Fsp3) is 0.158. The largest absolute Gasteiger partial charge is 0.507 e. The van der Waals surface area contributed by atoms with Crippen LogP contribution in [-0.2, 0) is 0 Å². The molecule has 0 unspecified atom stereocenters. The fourth-order valence-electron chi connectivity index (χ4n) is 2.52. The molecule has 0 atom stereocenters. The average Bonchev–Trinajstić information content (AvgIpc) is 2.78. The molecule has 3 rings (SSSR count). The maximum Gasteiger partial charge on any atom is 0.434 e. The topological polar surface area (TPSA) is 148 Å². The molecule has 0 fully saturated rings. The number of aromatic nitrogens is 3. The van der Waals surface area contributed by atoms with E-state index in [0.29, 0.717) is 10.2 Å². The summed E-state index contributed by atoms with van der Waals surface area (Å²) in [5.74, 6) is -1.58. The molecule has 0 aliphatic heterocycles. The second kappa shape index (κ2) is 10.8. The third-order valence-corrected chi connectivity index (χ3v) is 4.65. The summed E-state index contributed by atoms with van der Waals surface area (Å²) in [6.07, 6.45) is -15.0. The highest BCUT2D eigenvalue weighted by atomic mass is 79.9. The van der Waals surface area contributed by atoms with E-state index in [1.165, 1.54) is 12.1 Å². The van der Waals surface area contributed by atoms with Crippen LogP contribution in [0.3, 0.4) is 0 Å². The number of hydrogen-bond donors (Lipinski definition) is 3. The number of hydrogen-bond acceptors (Lipinski definition) is 10. The average molecular weight is 596 g/mol. The Morgan fingerprint density at radius 2 is 1.65 bits per heavy atom. The van der Waals surface area contributed by atoms with Crippen LogP contribution >= 0.6 is 15.9 Å². The number of ether oxygens (including phenoxy) is 1. The van der Waals surface area contributed by atoms with Crippen molar-refractivity contribution in [1.82, 2.24) is 15.0 Å². The standard InChI is InChI=1S/C19H12BrF6N7O4/c20-10-1-3-11(4-2-10)28-15-29-16(31-17(30-15)37-14(18(21,22)23)19(24,25)26)32-27-8-9-7-12(33(35)36)5-6-13(9)34/h1-8,14,34H,(H2,28,29,30,31,32)/b27-8-. The van der Waals surface area contributed by atoms with Gasteiger partial charge in [-0.15, -0.1) is 0 Å². The molecule has 2 aromatic carbocycles. The molecule has 0 aliphatic rings. The Morgan fingerprint density at radius 3 is 2.24 bits per heavy atom. The number of halogens is 7. The van der Waals surface area contributed by atoms with Crippen molar-refractivity contribution in [3.05, 3.63) is 62.6 Å². The van der Waals surface area contributed by atoms with Crippen LogP contribution in [0.25, 0.3) is 0 Å². The minimum absolute atomic E-state index is 0.144. The Morgan fingerprint density at radius 1 is 1.03 bits per heavy atom. The van der Waals surface area contributed by atoms with Crippen LogP contribution in [0.4, 0.5) is 49.6 Å². The number of aromatic hydroxyl groups is 1. The third kappa shape index (κ3) is 7.63. The van der Waals surface area contributed by atoms with E-state index in [2.05, 4.69) is 51.5 Å². The van der Waals surface area contributed by atoms with Crippen LogP contribution in [0, 0.1) is 10.1 Å². The van der Waals surface area contributed by atoms with Crippen molar-refractivity contribution < 1.29 is 41.1 Å². The van der Waals surface area contributed by atoms with Crippen molar-refractivity contribution in [2.24, 2.45) is 5.10 Å². The van der Waals surface area contributed by atoms with Gasteiger partial charge < -0.3 is 15.2 Å². The predicted molar refractivity (Wildman–Crippen MR) is 120 cm³/mol. The number of benzene rings is 2. The Hall–Kier alpha value is -4.22. The summed E-state index contributed by atoms with van der Waals surface area (Å²) >= 11 is 3.20. The molecule has 0 spiro atoms. The quantitative estimate of drug-likeness (QED) is 0.136. The summed E-state index contributed by atoms with van der Waals surface area (Å²) in [6.45, 7) is 0. The number of nitro benzene ring substituents is 1. The van der Waals surface area contributed by atoms with Gasteiger partial charge in [0.2, 0.25) is 5.95 Å². The molecule has 0 aliphatic carbocycles. The lowest BCUT2D eigenvalue weighted by molar-refractivity contribution is -0.384. The van der Waals surface area contributed by atoms with Gasteiger partial charge in [-0.3, -0.25) is 10.1 Å². The van der Waals surface area contributed by atoms with Gasteiger partial charge in [-0.1, -0.05) is 15.9 Å². The molecule has 11 nitrogen and oxygen atoms in total. The van der Waals surface area contributed by atoms with Gasteiger partial charge in [-0.25, -0.2) is 5.43 Å². The van der Waals surface area contributed by atoms with Gasteiger partial charge in [0, 0.05) is 27.9 Å². The second-order valence-corrected chi connectivity index (χ2v) is 7.76. The molecule has 3 N–H and O–H groups in total. The highest BCUT2D eigenvalue weighted by Gasteiger charge is 2.59. The van der Waals surface area contributed by atoms with Crippen molar-refractivity contribution in [2.75, 3.05) is 10.7 Å². The van der Waals surface area contributed by atoms with Crippen LogP contribution < -0.4 is 15.5 Å².